The molecule has 0 aromatic heterocycles. The highest BCUT2D eigenvalue weighted by Gasteiger charge is 2.20. The van der Waals surface area contributed by atoms with Crippen LogP contribution in [-0.4, -0.2) is 9.82 Å². The van der Waals surface area contributed by atoms with Gasteiger partial charge in [0.1, 0.15) is 0 Å². The molecule has 0 saturated heterocycles. The van der Waals surface area contributed by atoms with Crippen molar-refractivity contribution in [2.24, 2.45) is 0 Å². The van der Waals surface area contributed by atoms with Crippen molar-refractivity contribution in [1.82, 2.24) is 0 Å². The standard InChI is InChI=1S/C7H5N2O4P/c8-5-14(12,13)7-3-1-6(2-4-7)9(10)11/h1-4H,(H,12,13). The lowest BCUT2D eigenvalue weighted by atomic mass is 10.3. The molecule has 1 aromatic rings. The minimum Gasteiger partial charge on any atom is -0.331 e. The van der Waals surface area contributed by atoms with Crippen molar-refractivity contribution < 1.29 is 14.4 Å². The van der Waals surface area contributed by atoms with Gasteiger partial charge in [-0.2, -0.15) is 5.26 Å². The number of hydrogen-bond donors (Lipinski definition) is 1. The van der Waals surface area contributed by atoms with E-state index in [1.54, 1.807) is 0 Å². The van der Waals surface area contributed by atoms with Crippen molar-refractivity contribution in [2.45, 2.75) is 0 Å². The monoisotopic (exact) mass is 212 g/mol. The Bertz CT molecular complexity index is 448. The van der Waals surface area contributed by atoms with E-state index >= 15 is 0 Å². The van der Waals surface area contributed by atoms with Gasteiger partial charge >= 0.3 is 7.37 Å². The van der Waals surface area contributed by atoms with Gasteiger partial charge in [-0.3, -0.25) is 14.7 Å². The van der Waals surface area contributed by atoms with Crippen LogP contribution in [0.5, 0.6) is 0 Å². The molecular formula is C7H5N2O4P. The number of nitrogens with zero attached hydrogens (tertiary/aromatic N) is 2. The third-order valence-corrected chi connectivity index (χ3v) is 2.82. The maximum Gasteiger partial charge on any atom is 0.326 e. The fourth-order valence-electron chi connectivity index (χ4n) is 0.834. The summed E-state index contributed by atoms with van der Waals surface area (Å²) in [5.74, 6) is 1.25. The first kappa shape index (κ1) is 10.4. The fourth-order valence-corrected chi connectivity index (χ4v) is 1.50. The van der Waals surface area contributed by atoms with E-state index in [-0.39, 0.29) is 11.0 Å². The summed E-state index contributed by atoms with van der Waals surface area (Å²) in [5.41, 5.74) is -0.188. The first-order valence-corrected chi connectivity index (χ1v) is 5.12. The van der Waals surface area contributed by atoms with Crippen molar-refractivity contribution in [2.75, 3.05) is 0 Å². The second-order valence-electron chi connectivity index (χ2n) is 2.45. The van der Waals surface area contributed by atoms with E-state index in [4.69, 9.17) is 10.2 Å². The van der Waals surface area contributed by atoms with Crippen molar-refractivity contribution in [3.05, 3.63) is 34.4 Å². The van der Waals surface area contributed by atoms with Crippen LogP contribution in [-0.2, 0) is 4.57 Å². The summed E-state index contributed by atoms with van der Waals surface area (Å²) in [4.78, 5) is 18.7. The highest BCUT2D eigenvalue weighted by atomic mass is 31.2. The van der Waals surface area contributed by atoms with Gasteiger partial charge in [0.25, 0.3) is 5.69 Å². The molecule has 0 heterocycles. The highest BCUT2D eigenvalue weighted by molar-refractivity contribution is 7.70. The van der Waals surface area contributed by atoms with Gasteiger partial charge < -0.3 is 4.89 Å². The number of nitriles is 1. The molecule has 14 heavy (non-hydrogen) atoms. The normalized spacial score (nSPS) is 14.0. The van der Waals surface area contributed by atoms with E-state index in [9.17, 15) is 14.7 Å². The summed E-state index contributed by atoms with van der Waals surface area (Å²) in [5, 5.41) is 18.5. The van der Waals surface area contributed by atoms with Gasteiger partial charge in [-0.15, -0.1) is 0 Å². The van der Waals surface area contributed by atoms with Gasteiger partial charge in [-0.1, -0.05) is 0 Å². The van der Waals surface area contributed by atoms with Crippen LogP contribution in [0.3, 0.4) is 0 Å². The maximum absolute atomic E-state index is 11.1. The van der Waals surface area contributed by atoms with E-state index in [2.05, 4.69) is 0 Å². The molecule has 1 unspecified atom stereocenters. The molecule has 0 fully saturated rings. The van der Waals surface area contributed by atoms with Crippen molar-refractivity contribution in [3.63, 3.8) is 0 Å². The van der Waals surface area contributed by atoms with Crippen molar-refractivity contribution in [1.29, 1.82) is 5.26 Å². The number of hydrogen-bond acceptors (Lipinski definition) is 4. The Morgan fingerprint density at radius 2 is 1.93 bits per heavy atom. The Hall–Kier alpha value is -1.70. The van der Waals surface area contributed by atoms with E-state index < -0.39 is 12.3 Å². The zero-order valence-corrected chi connectivity index (χ0v) is 7.72. The smallest absolute Gasteiger partial charge is 0.326 e. The van der Waals surface area contributed by atoms with Gasteiger partial charge in [0, 0.05) is 12.1 Å². The summed E-state index contributed by atoms with van der Waals surface area (Å²) in [6.07, 6.45) is 0. The Balaban J connectivity index is 3.14. The third-order valence-electron chi connectivity index (χ3n) is 1.55. The highest BCUT2D eigenvalue weighted by Crippen LogP contribution is 2.37. The van der Waals surface area contributed by atoms with Crippen LogP contribution < -0.4 is 5.30 Å². The first-order chi connectivity index (χ1) is 6.47. The first-order valence-electron chi connectivity index (χ1n) is 3.46. The van der Waals surface area contributed by atoms with E-state index in [1.807, 2.05) is 0 Å². The zero-order chi connectivity index (χ0) is 10.8. The molecule has 72 valence electrons. The molecule has 0 saturated carbocycles. The quantitative estimate of drug-likeness (QED) is 0.446. The molecule has 1 aromatic carbocycles. The molecule has 7 heteroatoms. The van der Waals surface area contributed by atoms with Crippen LogP contribution >= 0.6 is 7.37 Å². The molecule has 0 aliphatic heterocycles. The minimum atomic E-state index is -3.99. The third kappa shape index (κ3) is 1.96. The van der Waals surface area contributed by atoms with Gasteiger partial charge in [-0.05, 0) is 12.1 Å². The van der Waals surface area contributed by atoms with Crippen LogP contribution in [0, 0.1) is 21.2 Å². The zero-order valence-electron chi connectivity index (χ0n) is 6.82. The van der Waals surface area contributed by atoms with Crippen LogP contribution in [0.25, 0.3) is 0 Å². The average Bonchev–Trinajstić information content (AvgIpc) is 2.18. The summed E-state index contributed by atoms with van der Waals surface area (Å²) in [6.45, 7) is 0. The number of non-ortho nitro benzene ring substituents is 1. The molecule has 0 aliphatic rings. The summed E-state index contributed by atoms with van der Waals surface area (Å²) < 4.78 is 11.1. The van der Waals surface area contributed by atoms with Gasteiger partial charge in [-0.25, -0.2) is 0 Å². The molecule has 1 atom stereocenters. The Labute approximate surface area is 79.0 Å². The largest absolute Gasteiger partial charge is 0.331 e. The predicted molar refractivity (Wildman–Crippen MR) is 48.2 cm³/mol. The van der Waals surface area contributed by atoms with Crippen LogP contribution in [0.15, 0.2) is 24.3 Å². The molecule has 6 nitrogen and oxygen atoms in total. The molecule has 0 bridgehead atoms. The lowest BCUT2D eigenvalue weighted by molar-refractivity contribution is -0.384. The lowest BCUT2D eigenvalue weighted by Crippen LogP contribution is -2.02. The lowest BCUT2D eigenvalue weighted by Gasteiger charge is -2.00. The number of rotatable bonds is 2. The van der Waals surface area contributed by atoms with E-state index in [0.29, 0.717) is 0 Å². The second-order valence-corrected chi connectivity index (χ2v) is 4.32. The van der Waals surface area contributed by atoms with E-state index in [0.717, 1.165) is 24.3 Å². The van der Waals surface area contributed by atoms with Crippen LogP contribution in [0.4, 0.5) is 5.69 Å². The van der Waals surface area contributed by atoms with Gasteiger partial charge in [0.15, 0.2) is 5.81 Å². The molecule has 0 amide bonds. The van der Waals surface area contributed by atoms with Gasteiger partial charge in [0.05, 0.1) is 10.2 Å². The number of nitro groups is 1. The topological polar surface area (TPSA) is 104 Å². The average molecular weight is 212 g/mol. The van der Waals surface area contributed by atoms with Crippen LogP contribution in [0.2, 0.25) is 0 Å². The minimum absolute atomic E-state index is 0.106. The molecular weight excluding hydrogens is 207 g/mol. The Kier molecular flexibility index (Phi) is 2.65. The summed E-state index contributed by atoms with van der Waals surface area (Å²) in [7, 11) is -3.99. The molecule has 0 spiro atoms. The second kappa shape index (κ2) is 3.58. The van der Waals surface area contributed by atoms with Crippen molar-refractivity contribution in [3.8, 4) is 5.81 Å². The molecule has 0 radical (unpaired) electrons. The molecule has 1 rings (SSSR count). The summed E-state index contributed by atoms with van der Waals surface area (Å²) >= 11 is 0. The SMILES string of the molecule is N#CP(=O)(O)c1ccc([N+](=O)[O-])cc1. The Morgan fingerprint density at radius 1 is 1.43 bits per heavy atom. The van der Waals surface area contributed by atoms with Crippen molar-refractivity contribution >= 4 is 18.4 Å². The number of nitro benzene ring substituents is 1. The maximum atomic E-state index is 11.1. The predicted octanol–water partition coefficient (Wildman–Crippen LogP) is 0.972. The summed E-state index contributed by atoms with van der Waals surface area (Å²) in [6, 6.07) is 4.36. The van der Waals surface area contributed by atoms with Crippen LogP contribution in [0.1, 0.15) is 0 Å². The van der Waals surface area contributed by atoms with E-state index in [1.165, 1.54) is 5.81 Å². The molecule has 1 N–H and O–H groups in total. The Morgan fingerprint density at radius 3 is 2.29 bits per heavy atom. The number of benzene rings is 1. The van der Waals surface area contributed by atoms with Gasteiger partial charge in [0.2, 0.25) is 0 Å². The fraction of sp³-hybridized carbons (Fsp3) is 0. The molecule has 0 aliphatic carbocycles.